The normalized spacial score (nSPS) is 14.9. The lowest BCUT2D eigenvalue weighted by Gasteiger charge is -2.21. The zero-order valence-corrected chi connectivity index (χ0v) is 52.8. The lowest BCUT2D eigenvalue weighted by atomic mass is 9.99. The van der Waals surface area contributed by atoms with Crippen molar-refractivity contribution >= 4 is 39.5 Å². The van der Waals surface area contributed by atoms with Gasteiger partial charge in [-0.1, -0.05) is 229 Å². The van der Waals surface area contributed by atoms with Crippen LogP contribution in [0.25, 0.3) is 0 Å². The van der Waals surface area contributed by atoms with E-state index in [1.807, 2.05) is 0 Å². The molecule has 17 nitrogen and oxygen atoms in total. The molecule has 0 rings (SSSR count). The number of rotatable bonds is 57. The van der Waals surface area contributed by atoms with Gasteiger partial charge in [0.15, 0.2) is 12.2 Å². The van der Waals surface area contributed by atoms with Crippen LogP contribution >= 0.6 is 15.6 Å². The molecular weight excluding hydrogens is 1050 g/mol. The Hall–Kier alpha value is -1.94. The van der Waals surface area contributed by atoms with Crippen molar-refractivity contribution in [3.8, 4) is 0 Å². The van der Waals surface area contributed by atoms with Crippen molar-refractivity contribution in [2.24, 2.45) is 23.7 Å². The fourth-order valence-electron chi connectivity index (χ4n) is 8.69. The van der Waals surface area contributed by atoms with Gasteiger partial charge < -0.3 is 33.8 Å². The lowest BCUT2D eigenvalue weighted by Crippen LogP contribution is -2.30. The van der Waals surface area contributed by atoms with Crippen LogP contribution in [-0.4, -0.2) is 96.7 Å². The number of carbonyl (C=O) groups is 4. The van der Waals surface area contributed by atoms with Crippen LogP contribution in [0.3, 0.4) is 0 Å². The number of hydrogen-bond acceptors (Lipinski definition) is 15. The summed E-state index contributed by atoms with van der Waals surface area (Å²) in [5.41, 5.74) is 0. The number of ether oxygens (including phenoxy) is 4. The Morgan fingerprint density at radius 3 is 0.899 bits per heavy atom. The van der Waals surface area contributed by atoms with Crippen LogP contribution in [-0.2, 0) is 65.4 Å². The zero-order valence-electron chi connectivity index (χ0n) is 51.0. The van der Waals surface area contributed by atoms with Crippen molar-refractivity contribution < 1.29 is 80.2 Å². The molecule has 79 heavy (non-hydrogen) atoms. The van der Waals surface area contributed by atoms with Crippen LogP contribution in [0.15, 0.2) is 0 Å². The minimum Gasteiger partial charge on any atom is -0.462 e. The second kappa shape index (κ2) is 50.6. The molecule has 0 fully saturated rings. The summed E-state index contributed by atoms with van der Waals surface area (Å²) in [4.78, 5) is 71.9. The molecule has 468 valence electrons. The lowest BCUT2D eigenvalue weighted by molar-refractivity contribution is -0.161. The molecular formula is C60H116O17P2. The number of unbranched alkanes of at least 4 members (excludes halogenated alkanes) is 22. The molecule has 3 unspecified atom stereocenters. The van der Waals surface area contributed by atoms with E-state index in [4.69, 9.17) is 37.0 Å². The molecule has 0 aliphatic rings. The second-order valence-corrected chi connectivity index (χ2v) is 26.3. The van der Waals surface area contributed by atoms with Crippen LogP contribution in [0.2, 0.25) is 0 Å². The predicted molar refractivity (Wildman–Crippen MR) is 312 cm³/mol. The highest BCUT2D eigenvalue weighted by Gasteiger charge is 2.30. The quantitative estimate of drug-likeness (QED) is 0.0222. The van der Waals surface area contributed by atoms with Gasteiger partial charge in [-0.15, -0.1) is 0 Å². The van der Waals surface area contributed by atoms with Gasteiger partial charge in [-0.3, -0.25) is 37.3 Å². The largest absolute Gasteiger partial charge is 0.472 e. The summed E-state index contributed by atoms with van der Waals surface area (Å²) < 4.78 is 67.7. The Kier molecular flexibility index (Phi) is 49.3. The van der Waals surface area contributed by atoms with Gasteiger partial charge >= 0.3 is 39.5 Å². The van der Waals surface area contributed by atoms with Crippen LogP contribution in [0, 0.1) is 23.7 Å². The molecule has 0 aromatic rings. The van der Waals surface area contributed by atoms with E-state index in [-0.39, 0.29) is 25.7 Å². The number of hydrogen-bond donors (Lipinski definition) is 3. The van der Waals surface area contributed by atoms with Gasteiger partial charge in [0, 0.05) is 25.7 Å². The number of aliphatic hydroxyl groups excluding tert-OH is 1. The van der Waals surface area contributed by atoms with Gasteiger partial charge in [0.25, 0.3) is 0 Å². The van der Waals surface area contributed by atoms with E-state index < -0.39 is 97.5 Å². The Labute approximate surface area is 479 Å². The van der Waals surface area contributed by atoms with Gasteiger partial charge in [0.2, 0.25) is 0 Å². The van der Waals surface area contributed by atoms with E-state index in [9.17, 15) is 43.2 Å². The first-order chi connectivity index (χ1) is 37.6. The average molecular weight is 1170 g/mol. The molecule has 0 saturated carbocycles. The van der Waals surface area contributed by atoms with Crippen LogP contribution in [0.1, 0.15) is 280 Å². The number of aliphatic hydroxyl groups is 1. The zero-order chi connectivity index (χ0) is 59.0. The Balaban J connectivity index is 5.23. The van der Waals surface area contributed by atoms with E-state index in [0.29, 0.717) is 43.4 Å². The third-order valence-corrected chi connectivity index (χ3v) is 15.8. The standard InChI is InChI=1S/C60H116O17P2/c1-9-53(8)39-31-23-12-10-11-13-24-32-40-57(62)70-46-55(76-59(64)42-34-26-18-15-21-29-37-51(4)5)48-74-78(66,67)72-44-54(61)45-73-79(68,69)75-49-56(77-60(65)43-35-27-19-16-22-30-38-52(6)7)47-71-58(63)41-33-25-17-14-20-28-36-50(2)3/h50-56,61H,9-49H2,1-8H3,(H,66,67)(H,68,69)/t53?,54-,55-,56-/m1/s1. The molecule has 0 aliphatic heterocycles. The van der Waals surface area contributed by atoms with Crippen molar-refractivity contribution in [1.82, 2.24) is 0 Å². The van der Waals surface area contributed by atoms with Gasteiger partial charge in [-0.2, -0.15) is 0 Å². The molecule has 0 bridgehead atoms. The highest BCUT2D eigenvalue weighted by Crippen LogP contribution is 2.45. The van der Waals surface area contributed by atoms with Crippen molar-refractivity contribution in [1.29, 1.82) is 0 Å². The maximum atomic E-state index is 12.9. The molecule has 0 aliphatic carbocycles. The van der Waals surface area contributed by atoms with E-state index in [1.165, 1.54) is 77.0 Å². The van der Waals surface area contributed by atoms with Crippen LogP contribution in [0.5, 0.6) is 0 Å². The van der Waals surface area contributed by atoms with Gasteiger partial charge in [0.1, 0.15) is 19.3 Å². The Morgan fingerprint density at radius 1 is 0.354 bits per heavy atom. The highest BCUT2D eigenvalue weighted by atomic mass is 31.2. The molecule has 0 heterocycles. The summed E-state index contributed by atoms with van der Waals surface area (Å²) in [7, 11) is -9.88. The molecule has 6 atom stereocenters. The Bertz CT molecular complexity index is 1600. The fourth-order valence-corrected chi connectivity index (χ4v) is 10.3. The third-order valence-electron chi connectivity index (χ3n) is 13.9. The maximum Gasteiger partial charge on any atom is 0.472 e. The van der Waals surface area contributed by atoms with Crippen LogP contribution < -0.4 is 0 Å². The van der Waals surface area contributed by atoms with Crippen molar-refractivity contribution in [3.63, 3.8) is 0 Å². The first kappa shape index (κ1) is 77.1. The molecule has 0 amide bonds. The van der Waals surface area contributed by atoms with Gasteiger partial charge in [0.05, 0.1) is 26.4 Å². The van der Waals surface area contributed by atoms with Crippen molar-refractivity contribution in [2.75, 3.05) is 39.6 Å². The van der Waals surface area contributed by atoms with Crippen LogP contribution in [0.4, 0.5) is 0 Å². The molecule has 0 aromatic heterocycles. The summed E-state index contributed by atoms with van der Waals surface area (Å²) >= 11 is 0. The molecule has 0 radical (unpaired) electrons. The Morgan fingerprint density at radius 2 is 0.608 bits per heavy atom. The predicted octanol–water partition coefficient (Wildman–Crippen LogP) is 15.8. The van der Waals surface area contributed by atoms with E-state index in [1.54, 1.807) is 0 Å². The van der Waals surface area contributed by atoms with E-state index >= 15 is 0 Å². The molecule has 3 N–H and O–H groups in total. The third kappa shape index (κ3) is 53.8. The summed E-state index contributed by atoms with van der Waals surface area (Å²) in [5, 5.41) is 10.5. The van der Waals surface area contributed by atoms with E-state index in [0.717, 1.165) is 102 Å². The monoisotopic (exact) mass is 1170 g/mol. The number of esters is 4. The summed E-state index contributed by atoms with van der Waals surface area (Å²) in [6.45, 7) is 13.8. The minimum absolute atomic E-state index is 0.100. The second-order valence-electron chi connectivity index (χ2n) is 23.4. The SMILES string of the molecule is CCC(C)CCCCCCCCCCC(=O)OC[C@H](COP(=O)(O)OC[C@@H](O)COP(=O)(O)OC[C@@H](COC(=O)CCCCCCCCC(C)C)OC(=O)CCCCCCCCC(C)C)OC(=O)CCCCCCCCC(C)C. The number of carbonyl (C=O) groups excluding carboxylic acids is 4. The smallest absolute Gasteiger partial charge is 0.462 e. The summed E-state index contributed by atoms with van der Waals surface area (Å²) in [6, 6.07) is 0. The average Bonchev–Trinajstić information content (AvgIpc) is 3.39. The fraction of sp³-hybridized carbons (Fsp3) is 0.933. The van der Waals surface area contributed by atoms with Crippen molar-refractivity contribution in [3.05, 3.63) is 0 Å². The van der Waals surface area contributed by atoms with Gasteiger partial charge in [-0.05, 0) is 49.4 Å². The first-order valence-electron chi connectivity index (χ1n) is 31.2. The molecule has 0 spiro atoms. The van der Waals surface area contributed by atoms with Gasteiger partial charge in [-0.25, -0.2) is 9.13 Å². The molecule has 19 heteroatoms. The molecule has 0 saturated heterocycles. The van der Waals surface area contributed by atoms with Crippen molar-refractivity contribution in [2.45, 2.75) is 298 Å². The molecule has 0 aromatic carbocycles. The number of phosphoric acid groups is 2. The topological polar surface area (TPSA) is 237 Å². The van der Waals surface area contributed by atoms with E-state index in [2.05, 4.69) is 55.4 Å². The number of phosphoric ester groups is 2. The minimum atomic E-state index is -4.94. The summed E-state index contributed by atoms with van der Waals surface area (Å²) in [5.74, 6) is 0.642. The summed E-state index contributed by atoms with van der Waals surface area (Å²) in [6.07, 6.45) is 28.4. The highest BCUT2D eigenvalue weighted by molar-refractivity contribution is 7.47. The maximum absolute atomic E-state index is 12.9. The first-order valence-corrected chi connectivity index (χ1v) is 34.2.